The highest BCUT2D eigenvalue weighted by atomic mass is 19.3. The molecule has 4 rings (SSSR count). The van der Waals surface area contributed by atoms with Gasteiger partial charge in [0.25, 0.3) is 17.7 Å². The third kappa shape index (κ3) is 4.20. The van der Waals surface area contributed by atoms with Gasteiger partial charge in [-0.05, 0) is 36.4 Å². The van der Waals surface area contributed by atoms with E-state index < -0.39 is 29.5 Å². The van der Waals surface area contributed by atoms with Crippen molar-refractivity contribution in [3.8, 4) is 0 Å². The molecule has 0 radical (unpaired) electrons. The molecule has 1 saturated heterocycles. The predicted octanol–water partition coefficient (Wildman–Crippen LogP) is 3.60. The number of nitrogens with one attached hydrogen (secondary N) is 1. The van der Waals surface area contributed by atoms with Gasteiger partial charge in [0.1, 0.15) is 17.3 Å². The van der Waals surface area contributed by atoms with Gasteiger partial charge >= 0.3 is 0 Å². The Morgan fingerprint density at radius 2 is 2.00 bits per heavy atom. The van der Waals surface area contributed by atoms with Crippen molar-refractivity contribution in [1.82, 2.24) is 9.97 Å². The summed E-state index contributed by atoms with van der Waals surface area (Å²) in [7, 11) is 0. The lowest BCUT2D eigenvalue weighted by Gasteiger charge is -2.38. The number of alkyl halides is 2. The molecule has 7 nitrogen and oxygen atoms in total. The van der Waals surface area contributed by atoms with Gasteiger partial charge in [-0.15, -0.1) is 0 Å². The molecule has 1 aliphatic heterocycles. The molecule has 2 amide bonds. The van der Waals surface area contributed by atoms with Crippen molar-refractivity contribution in [3.05, 3.63) is 59.7 Å². The second kappa shape index (κ2) is 8.10. The van der Waals surface area contributed by atoms with Crippen molar-refractivity contribution in [1.29, 1.82) is 0 Å². The molecule has 1 fully saturated rings. The average molecular weight is 443 g/mol. The normalized spacial score (nSPS) is 17.9. The van der Waals surface area contributed by atoms with Crippen LogP contribution in [0.25, 0.3) is 10.9 Å². The number of hydrogen-bond acceptors (Lipinski definition) is 5. The summed E-state index contributed by atoms with van der Waals surface area (Å²) in [4.78, 5) is 34.5. The van der Waals surface area contributed by atoms with E-state index >= 15 is 0 Å². The molecule has 0 unspecified atom stereocenters. The van der Waals surface area contributed by atoms with Gasteiger partial charge in [-0.3, -0.25) is 14.6 Å². The molecule has 166 valence electrons. The number of hydrogen-bond donors (Lipinski definition) is 2. The van der Waals surface area contributed by atoms with Crippen molar-refractivity contribution in [2.75, 3.05) is 23.3 Å². The van der Waals surface area contributed by atoms with E-state index in [2.05, 4.69) is 15.3 Å². The van der Waals surface area contributed by atoms with Gasteiger partial charge in [-0.2, -0.15) is 0 Å². The van der Waals surface area contributed by atoms with Crippen LogP contribution in [0.3, 0.4) is 0 Å². The van der Waals surface area contributed by atoms with E-state index in [9.17, 15) is 22.8 Å². The zero-order valence-corrected chi connectivity index (χ0v) is 17.1. The fraction of sp³-hybridized carbons (Fsp3) is 0.273. The first-order chi connectivity index (χ1) is 15.1. The summed E-state index contributed by atoms with van der Waals surface area (Å²) < 4.78 is 41.8. The number of primary amides is 1. The summed E-state index contributed by atoms with van der Waals surface area (Å²) in [6.07, 6.45) is 0.948. The van der Waals surface area contributed by atoms with Crippen molar-refractivity contribution in [2.24, 2.45) is 11.7 Å². The van der Waals surface area contributed by atoms with Gasteiger partial charge in [0.2, 0.25) is 0 Å². The van der Waals surface area contributed by atoms with E-state index in [1.54, 1.807) is 4.90 Å². The van der Waals surface area contributed by atoms with E-state index in [4.69, 9.17) is 5.73 Å². The lowest BCUT2D eigenvalue weighted by molar-refractivity contribution is -0.0652. The summed E-state index contributed by atoms with van der Waals surface area (Å²) in [5.74, 6) is -5.35. The standard InChI is InChI=1S/C22H20F3N5O2/c1-12-11-30(7-5-22(12,24)25)20-16(9-13-8-14(23)2-3-17(13)29-20)21(32)28-15-4-6-27-18(10-15)19(26)31/h2-4,6,8-10,12H,5,7,11H2,1H3,(H2,26,31)(H,27,28,32)/t12-/m0/s1. The first-order valence-corrected chi connectivity index (χ1v) is 9.94. The molecule has 0 aliphatic carbocycles. The zero-order chi connectivity index (χ0) is 23.0. The van der Waals surface area contributed by atoms with Crippen molar-refractivity contribution in [2.45, 2.75) is 19.3 Å². The number of piperidine rings is 1. The Bertz CT molecular complexity index is 1220. The molecule has 2 aromatic heterocycles. The third-order valence-corrected chi connectivity index (χ3v) is 5.50. The minimum atomic E-state index is -2.80. The minimum absolute atomic E-state index is 0.00800. The molecule has 0 saturated carbocycles. The third-order valence-electron chi connectivity index (χ3n) is 5.50. The molecular weight excluding hydrogens is 423 g/mol. The van der Waals surface area contributed by atoms with Gasteiger partial charge in [-0.1, -0.05) is 6.92 Å². The van der Waals surface area contributed by atoms with E-state index in [1.807, 2.05) is 0 Å². The van der Waals surface area contributed by atoms with Crippen molar-refractivity contribution in [3.63, 3.8) is 0 Å². The summed E-state index contributed by atoms with van der Waals surface area (Å²) in [6.45, 7) is 1.47. The monoisotopic (exact) mass is 443 g/mol. The Morgan fingerprint density at radius 1 is 1.22 bits per heavy atom. The lowest BCUT2D eigenvalue weighted by atomic mass is 9.95. The Balaban J connectivity index is 1.74. The minimum Gasteiger partial charge on any atom is -0.364 e. The first kappa shape index (κ1) is 21.5. The van der Waals surface area contributed by atoms with Crippen LogP contribution in [0.15, 0.2) is 42.6 Å². The maximum atomic E-state index is 14.0. The van der Waals surface area contributed by atoms with Crippen LogP contribution in [0, 0.1) is 11.7 Å². The number of pyridine rings is 2. The average Bonchev–Trinajstić information content (AvgIpc) is 2.75. The summed E-state index contributed by atoms with van der Waals surface area (Å²) >= 11 is 0. The number of rotatable bonds is 4. The number of carbonyl (C=O) groups excluding carboxylic acids is 2. The van der Waals surface area contributed by atoms with Crippen LogP contribution >= 0.6 is 0 Å². The number of amides is 2. The van der Waals surface area contributed by atoms with Gasteiger partial charge in [0, 0.05) is 42.7 Å². The van der Waals surface area contributed by atoms with E-state index in [0.717, 1.165) is 0 Å². The quantitative estimate of drug-likeness (QED) is 0.642. The molecule has 0 bridgehead atoms. The number of nitrogens with zero attached hydrogens (tertiary/aromatic N) is 3. The summed E-state index contributed by atoms with van der Waals surface area (Å²) in [5, 5.41) is 3.04. The Hall–Kier alpha value is -3.69. The number of carbonyl (C=O) groups is 2. The highest BCUT2D eigenvalue weighted by molar-refractivity contribution is 6.10. The van der Waals surface area contributed by atoms with E-state index in [1.165, 1.54) is 49.5 Å². The molecule has 0 spiro atoms. The lowest BCUT2D eigenvalue weighted by Crippen LogP contribution is -2.46. The zero-order valence-electron chi connectivity index (χ0n) is 17.1. The Labute approximate surface area is 181 Å². The molecule has 1 atom stereocenters. The van der Waals surface area contributed by atoms with Crippen LogP contribution in [-0.4, -0.2) is 40.8 Å². The highest BCUT2D eigenvalue weighted by Crippen LogP contribution is 2.36. The molecule has 32 heavy (non-hydrogen) atoms. The first-order valence-electron chi connectivity index (χ1n) is 9.94. The largest absolute Gasteiger partial charge is 0.364 e. The predicted molar refractivity (Wildman–Crippen MR) is 113 cm³/mol. The van der Waals surface area contributed by atoms with E-state index in [0.29, 0.717) is 10.9 Å². The van der Waals surface area contributed by atoms with Crippen LogP contribution in [0.2, 0.25) is 0 Å². The molecule has 10 heteroatoms. The molecule has 1 aromatic carbocycles. The van der Waals surface area contributed by atoms with Crippen LogP contribution in [-0.2, 0) is 0 Å². The van der Waals surface area contributed by atoms with Crippen molar-refractivity contribution < 1.29 is 22.8 Å². The van der Waals surface area contributed by atoms with Gasteiger partial charge < -0.3 is 16.0 Å². The maximum absolute atomic E-state index is 14.0. The molecule has 1 aliphatic rings. The number of fused-ring (bicyclic) bond motifs is 1. The molecular formula is C22H20F3N5O2. The topological polar surface area (TPSA) is 101 Å². The van der Waals surface area contributed by atoms with Gasteiger partial charge in [0.05, 0.1) is 11.1 Å². The van der Waals surface area contributed by atoms with Crippen LogP contribution < -0.4 is 16.0 Å². The SMILES string of the molecule is C[C@H]1CN(c2nc3ccc(F)cc3cc2C(=O)Nc2ccnc(C(N)=O)c2)CCC1(F)F. The Morgan fingerprint density at radius 3 is 2.72 bits per heavy atom. The summed E-state index contributed by atoms with van der Waals surface area (Å²) in [5.41, 5.74) is 5.99. The van der Waals surface area contributed by atoms with E-state index in [-0.39, 0.29) is 42.3 Å². The Kier molecular flexibility index (Phi) is 5.45. The second-order valence-electron chi connectivity index (χ2n) is 7.80. The number of aromatic nitrogens is 2. The van der Waals surface area contributed by atoms with Crippen LogP contribution in [0.4, 0.5) is 24.7 Å². The van der Waals surface area contributed by atoms with Gasteiger partial charge in [-0.25, -0.2) is 18.2 Å². The molecule has 3 heterocycles. The second-order valence-corrected chi connectivity index (χ2v) is 7.80. The molecule has 3 aromatic rings. The van der Waals surface area contributed by atoms with Gasteiger partial charge in [0.15, 0.2) is 0 Å². The highest BCUT2D eigenvalue weighted by Gasteiger charge is 2.42. The summed E-state index contributed by atoms with van der Waals surface area (Å²) in [6, 6.07) is 8.23. The van der Waals surface area contributed by atoms with Crippen LogP contribution in [0.5, 0.6) is 0 Å². The van der Waals surface area contributed by atoms with Crippen LogP contribution in [0.1, 0.15) is 34.2 Å². The number of halogens is 3. The smallest absolute Gasteiger partial charge is 0.267 e. The fourth-order valence-electron chi connectivity index (χ4n) is 3.67. The fourth-order valence-corrected chi connectivity index (χ4v) is 3.67. The number of benzene rings is 1. The maximum Gasteiger partial charge on any atom is 0.267 e. The number of nitrogens with two attached hydrogens (primary N) is 1. The number of anilines is 2. The van der Waals surface area contributed by atoms with Crippen molar-refractivity contribution >= 4 is 34.2 Å². The molecule has 3 N–H and O–H groups in total.